The number of nitrogens with zero attached hydrogens (tertiary/aromatic N) is 1. The quantitative estimate of drug-likeness (QED) is 0.294. The van der Waals surface area contributed by atoms with Crippen LogP contribution in [-0.2, 0) is 16.6 Å². The van der Waals surface area contributed by atoms with Crippen LogP contribution in [0.3, 0.4) is 0 Å². The molecule has 2 rings (SSSR count). The van der Waals surface area contributed by atoms with Crippen molar-refractivity contribution in [2.24, 2.45) is 10.1 Å². The van der Waals surface area contributed by atoms with Gasteiger partial charge in [0.1, 0.15) is 6.10 Å². The Morgan fingerprint density at radius 1 is 1.21 bits per heavy atom. The molecule has 0 aliphatic carbocycles. The van der Waals surface area contributed by atoms with Gasteiger partial charge in [0.2, 0.25) is 10.0 Å². The number of benzene rings is 2. The number of sulfonamides is 1. The van der Waals surface area contributed by atoms with Gasteiger partial charge in [0.15, 0.2) is 17.5 Å². The van der Waals surface area contributed by atoms with Crippen LogP contribution >= 0.6 is 24.0 Å². The highest BCUT2D eigenvalue weighted by molar-refractivity contribution is 14.0. The summed E-state index contributed by atoms with van der Waals surface area (Å²) in [7, 11) is -2.14. The molecule has 0 aromatic heterocycles. The van der Waals surface area contributed by atoms with Crippen molar-refractivity contribution in [2.75, 3.05) is 13.6 Å². The maximum absolute atomic E-state index is 13.6. The van der Waals surface area contributed by atoms with Crippen molar-refractivity contribution in [2.45, 2.75) is 24.5 Å². The summed E-state index contributed by atoms with van der Waals surface area (Å²) in [5.41, 5.74) is 0.736. The van der Waals surface area contributed by atoms with Gasteiger partial charge in [-0.3, -0.25) is 4.99 Å². The summed E-state index contributed by atoms with van der Waals surface area (Å²) in [6.07, 6.45) is -0.300. The van der Waals surface area contributed by atoms with Crippen LogP contribution in [0.2, 0.25) is 0 Å². The second-order valence-electron chi connectivity index (χ2n) is 5.86. The zero-order chi connectivity index (χ0) is 19.9. The number of rotatable bonds is 7. The van der Waals surface area contributed by atoms with E-state index in [4.69, 9.17) is 9.88 Å². The summed E-state index contributed by atoms with van der Waals surface area (Å²) in [4.78, 5) is 4.15. The minimum atomic E-state index is -3.75. The molecule has 0 saturated heterocycles. The zero-order valence-corrected chi connectivity index (χ0v) is 18.7. The topological polar surface area (TPSA) is 106 Å². The minimum absolute atomic E-state index is 0. The number of hydrogen-bond donors (Lipinski definition) is 3. The monoisotopic (exact) mass is 522 g/mol. The van der Waals surface area contributed by atoms with E-state index in [1.54, 1.807) is 37.4 Å². The molecule has 1 atom stereocenters. The molecule has 154 valence electrons. The molecule has 0 fully saturated rings. The number of halogens is 2. The lowest BCUT2D eigenvalue weighted by Crippen LogP contribution is -2.41. The molecule has 0 amide bonds. The van der Waals surface area contributed by atoms with Gasteiger partial charge in [0.25, 0.3) is 0 Å². The van der Waals surface area contributed by atoms with Crippen LogP contribution in [0, 0.1) is 5.82 Å². The summed E-state index contributed by atoms with van der Waals surface area (Å²) in [6.45, 7) is 2.55. The van der Waals surface area contributed by atoms with Crippen LogP contribution in [-0.4, -0.2) is 34.1 Å². The van der Waals surface area contributed by atoms with E-state index in [9.17, 15) is 12.8 Å². The molecule has 0 radical (unpaired) electrons. The van der Waals surface area contributed by atoms with Gasteiger partial charge in [0.05, 0.1) is 11.4 Å². The molecular formula is C18H24FIN4O3S. The van der Waals surface area contributed by atoms with Crippen molar-refractivity contribution in [3.63, 3.8) is 0 Å². The summed E-state index contributed by atoms with van der Waals surface area (Å²) >= 11 is 0. The first-order valence-corrected chi connectivity index (χ1v) is 9.81. The van der Waals surface area contributed by atoms with E-state index < -0.39 is 15.8 Å². The molecule has 1 unspecified atom stereocenters. The lowest BCUT2D eigenvalue weighted by atomic mass is 10.2. The van der Waals surface area contributed by atoms with Gasteiger partial charge in [0, 0.05) is 13.6 Å². The number of aliphatic imine (C=N–C) groups is 1. The zero-order valence-electron chi connectivity index (χ0n) is 15.6. The summed E-state index contributed by atoms with van der Waals surface area (Å²) in [5.74, 6) is 0.274. The Labute approximate surface area is 181 Å². The molecule has 2 aromatic rings. The number of primary sulfonamides is 1. The van der Waals surface area contributed by atoms with Crippen molar-refractivity contribution in [3.05, 3.63) is 59.9 Å². The second-order valence-corrected chi connectivity index (χ2v) is 7.42. The van der Waals surface area contributed by atoms with Crippen molar-refractivity contribution in [1.82, 2.24) is 10.6 Å². The highest BCUT2D eigenvalue weighted by Crippen LogP contribution is 2.16. The van der Waals surface area contributed by atoms with Crippen molar-refractivity contribution >= 4 is 40.0 Å². The molecule has 4 N–H and O–H groups in total. The van der Waals surface area contributed by atoms with Gasteiger partial charge in [-0.15, -0.1) is 24.0 Å². The Balaban J connectivity index is 0.00000392. The van der Waals surface area contributed by atoms with Crippen LogP contribution in [0.5, 0.6) is 5.75 Å². The van der Waals surface area contributed by atoms with E-state index >= 15 is 0 Å². The number of para-hydroxylation sites is 1. The smallest absolute Gasteiger partial charge is 0.238 e. The summed E-state index contributed by atoms with van der Waals surface area (Å²) in [6, 6.07) is 12.5. The van der Waals surface area contributed by atoms with Crippen LogP contribution < -0.4 is 20.5 Å². The van der Waals surface area contributed by atoms with Gasteiger partial charge in [-0.2, -0.15) is 0 Å². The molecule has 28 heavy (non-hydrogen) atoms. The molecule has 0 aliphatic rings. The van der Waals surface area contributed by atoms with E-state index in [0.717, 1.165) is 5.56 Å². The number of nitrogens with one attached hydrogen (secondary N) is 2. The Kier molecular flexibility index (Phi) is 9.62. The van der Waals surface area contributed by atoms with Gasteiger partial charge in [-0.1, -0.05) is 24.3 Å². The third-order valence-corrected chi connectivity index (χ3v) is 4.54. The van der Waals surface area contributed by atoms with Gasteiger partial charge < -0.3 is 15.4 Å². The Morgan fingerprint density at radius 2 is 1.93 bits per heavy atom. The number of guanidine groups is 1. The Morgan fingerprint density at radius 3 is 2.57 bits per heavy atom. The van der Waals surface area contributed by atoms with E-state index in [1.165, 1.54) is 18.2 Å². The first kappa shape index (κ1) is 24.1. The molecule has 10 heteroatoms. The highest BCUT2D eigenvalue weighted by Gasteiger charge is 2.10. The SMILES string of the molecule is CN=C(NCc1cccc(S(N)(=O)=O)c1)NCC(C)Oc1ccccc1F.I. The van der Waals surface area contributed by atoms with E-state index in [2.05, 4.69) is 15.6 Å². The fourth-order valence-electron chi connectivity index (χ4n) is 2.28. The predicted octanol–water partition coefficient (Wildman–Crippen LogP) is 2.22. The van der Waals surface area contributed by atoms with E-state index in [-0.39, 0.29) is 40.7 Å². The van der Waals surface area contributed by atoms with E-state index in [1.807, 2.05) is 6.92 Å². The highest BCUT2D eigenvalue weighted by atomic mass is 127. The lowest BCUT2D eigenvalue weighted by Gasteiger charge is -2.18. The molecule has 0 saturated carbocycles. The molecule has 0 spiro atoms. The maximum atomic E-state index is 13.6. The van der Waals surface area contributed by atoms with Crippen molar-refractivity contribution in [1.29, 1.82) is 0 Å². The maximum Gasteiger partial charge on any atom is 0.238 e. The van der Waals surface area contributed by atoms with Crippen LogP contribution in [0.15, 0.2) is 58.4 Å². The number of ether oxygens (including phenoxy) is 1. The van der Waals surface area contributed by atoms with Crippen LogP contribution in [0.4, 0.5) is 4.39 Å². The first-order chi connectivity index (χ1) is 12.8. The fraction of sp³-hybridized carbons (Fsp3) is 0.278. The Hall–Kier alpha value is -1.92. The van der Waals surface area contributed by atoms with E-state index in [0.29, 0.717) is 19.0 Å². The average molecular weight is 522 g/mol. The standard InChI is InChI=1S/C18H23FN4O3S.HI/c1-13(26-17-9-4-3-8-16(17)19)11-22-18(21-2)23-12-14-6-5-7-15(10-14)27(20,24)25;/h3-10,13H,11-12H2,1-2H3,(H2,20,24,25)(H2,21,22,23);1H. The van der Waals surface area contributed by atoms with Gasteiger partial charge in [-0.25, -0.2) is 17.9 Å². The fourth-order valence-corrected chi connectivity index (χ4v) is 2.86. The van der Waals surface area contributed by atoms with Gasteiger partial charge in [-0.05, 0) is 36.8 Å². The summed E-state index contributed by atoms with van der Waals surface area (Å²) < 4.78 is 42.0. The average Bonchev–Trinajstić information content (AvgIpc) is 2.63. The summed E-state index contributed by atoms with van der Waals surface area (Å²) in [5, 5.41) is 11.3. The normalized spacial score (nSPS) is 12.6. The minimum Gasteiger partial charge on any atom is -0.486 e. The third kappa shape index (κ3) is 7.60. The molecule has 0 heterocycles. The van der Waals surface area contributed by atoms with Crippen molar-refractivity contribution < 1.29 is 17.5 Å². The molecular weight excluding hydrogens is 498 g/mol. The third-order valence-electron chi connectivity index (χ3n) is 3.63. The van der Waals surface area contributed by atoms with Crippen molar-refractivity contribution in [3.8, 4) is 5.75 Å². The first-order valence-electron chi connectivity index (χ1n) is 8.27. The Bertz CT molecular complexity index is 909. The second kappa shape index (κ2) is 11.2. The lowest BCUT2D eigenvalue weighted by molar-refractivity contribution is 0.214. The molecule has 2 aromatic carbocycles. The molecule has 0 bridgehead atoms. The number of nitrogens with two attached hydrogens (primary N) is 1. The molecule has 7 nitrogen and oxygen atoms in total. The number of hydrogen-bond acceptors (Lipinski definition) is 4. The van der Waals surface area contributed by atoms with Crippen LogP contribution in [0.1, 0.15) is 12.5 Å². The van der Waals surface area contributed by atoms with Crippen LogP contribution in [0.25, 0.3) is 0 Å². The molecule has 0 aliphatic heterocycles. The predicted molar refractivity (Wildman–Crippen MR) is 118 cm³/mol. The largest absolute Gasteiger partial charge is 0.486 e. The van der Waals surface area contributed by atoms with Gasteiger partial charge >= 0.3 is 0 Å².